The average Bonchev–Trinajstić information content (AvgIpc) is 3.01. The van der Waals surface area contributed by atoms with Crippen molar-refractivity contribution in [3.8, 4) is 0 Å². The average molecular weight is 329 g/mol. The molecule has 2 atom stereocenters. The molecule has 8 heteroatoms. The summed E-state index contributed by atoms with van der Waals surface area (Å²) >= 11 is 0. The van der Waals surface area contributed by atoms with Gasteiger partial charge in [-0.3, -0.25) is 9.59 Å². The Morgan fingerprint density at radius 3 is 2.79 bits per heavy atom. The van der Waals surface area contributed by atoms with Crippen molar-refractivity contribution in [1.29, 1.82) is 0 Å². The molecule has 1 fully saturated rings. The van der Waals surface area contributed by atoms with Crippen LogP contribution in [-0.4, -0.2) is 34.0 Å². The van der Waals surface area contributed by atoms with E-state index in [1.54, 1.807) is 11.9 Å². The number of nitrogen functional groups attached to an aromatic ring is 1. The van der Waals surface area contributed by atoms with Gasteiger partial charge in [-0.2, -0.15) is 0 Å². The number of anilines is 1. The van der Waals surface area contributed by atoms with Gasteiger partial charge in [0.25, 0.3) is 0 Å². The molecule has 8 nitrogen and oxygen atoms in total. The number of hydrogen-bond donors (Lipinski definition) is 2. The summed E-state index contributed by atoms with van der Waals surface area (Å²) in [5.74, 6) is -0.203. The number of nitrogens with zero attached hydrogens (tertiary/aromatic N) is 3. The molecule has 1 saturated heterocycles. The number of aromatic nitrogens is 2. The number of likely N-dealkylation sites (tertiary alicyclic amines) is 1. The zero-order valence-corrected chi connectivity index (χ0v) is 13.3. The Kier molecular flexibility index (Phi) is 4.45. The van der Waals surface area contributed by atoms with Gasteiger partial charge in [0.15, 0.2) is 0 Å². The second-order valence-electron chi connectivity index (χ2n) is 5.76. The quantitative estimate of drug-likeness (QED) is 0.860. The lowest BCUT2D eigenvalue weighted by molar-refractivity contribution is -0.141. The molecule has 0 bridgehead atoms. The SMILES string of the molecule is CN1C(=O)CCC(C(=O)NCc2nnc(N)o2)C1c1ccccc1. The van der Waals surface area contributed by atoms with Gasteiger partial charge in [-0.05, 0) is 12.0 Å². The van der Waals surface area contributed by atoms with Crippen LogP contribution in [0.15, 0.2) is 34.7 Å². The maximum Gasteiger partial charge on any atom is 0.312 e. The molecule has 126 valence electrons. The second kappa shape index (κ2) is 6.69. The van der Waals surface area contributed by atoms with E-state index in [4.69, 9.17) is 10.2 Å². The molecule has 1 aromatic heterocycles. The molecule has 0 radical (unpaired) electrons. The Labute approximate surface area is 139 Å². The summed E-state index contributed by atoms with van der Waals surface area (Å²) in [7, 11) is 1.73. The number of amides is 2. The molecule has 24 heavy (non-hydrogen) atoms. The predicted octanol–water partition coefficient (Wildman–Crippen LogP) is 0.878. The van der Waals surface area contributed by atoms with E-state index in [1.807, 2.05) is 30.3 Å². The Balaban J connectivity index is 1.76. The van der Waals surface area contributed by atoms with Crippen molar-refractivity contribution in [3.63, 3.8) is 0 Å². The summed E-state index contributed by atoms with van der Waals surface area (Å²) in [6.45, 7) is 0.110. The Bertz CT molecular complexity index is 730. The molecule has 2 aromatic rings. The highest BCUT2D eigenvalue weighted by Gasteiger charge is 2.38. The Morgan fingerprint density at radius 1 is 1.38 bits per heavy atom. The fourth-order valence-corrected chi connectivity index (χ4v) is 3.05. The minimum Gasteiger partial charge on any atom is -0.406 e. The molecule has 2 heterocycles. The number of benzene rings is 1. The van der Waals surface area contributed by atoms with Gasteiger partial charge in [-0.1, -0.05) is 35.4 Å². The lowest BCUT2D eigenvalue weighted by atomic mass is 9.84. The zero-order valence-electron chi connectivity index (χ0n) is 13.3. The van der Waals surface area contributed by atoms with Crippen molar-refractivity contribution >= 4 is 17.8 Å². The van der Waals surface area contributed by atoms with Crippen molar-refractivity contribution in [2.24, 2.45) is 5.92 Å². The molecule has 3 rings (SSSR count). The van der Waals surface area contributed by atoms with Crippen LogP contribution < -0.4 is 11.1 Å². The lowest BCUT2D eigenvalue weighted by Crippen LogP contribution is -2.46. The van der Waals surface area contributed by atoms with E-state index in [2.05, 4.69) is 15.5 Å². The number of carbonyl (C=O) groups is 2. The summed E-state index contributed by atoms with van der Waals surface area (Å²) in [6.07, 6.45) is 0.853. The molecule has 0 saturated carbocycles. The smallest absolute Gasteiger partial charge is 0.312 e. The first-order chi connectivity index (χ1) is 11.6. The van der Waals surface area contributed by atoms with Gasteiger partial charge in [-0.25, -0.2) is 0 Å². The molecular weight excluding hydrogens is 310 g/mol. The number of piperidine rings is 1. The van der Waals surface area contributed by atoms with Crippen LogP contribution in [-0.2, 0) is 16.1 Å². The largest absolute Gasteiger partial charge is 0.406 e. The van der Waals surface area contributed by atoms with E-state index >= 15 is 0 Å². The number of nitrogens with one attached hydrogen (secondary N) is 1. The number of hydrogen-bond acceptors (Lipinski definition) is 6. The van der Waals surface area contributed by atoms with E-state index in [0.29, 0.717) is 12.8 Å². The fourth-order valence-electron chi connectivity index (χ4n) is 3.05. The molecule has 3 N–H and O–H groups in total. The third-order valence-electron chi connectivity index (χ3n) is 4.24. The lowest BCUT2D eigenvalue weighted by Gasteiger charge is -2.38. The van der Waals surface area contributed by atoms with Crippen molar-refractivity contribution in [2.75, 3.05) is 12.8 Å². The second-order valence-corrected chi connectivity index (χ2v) is 5.76. The number of nitrogens with two attached hydrogens (primary N) is 1. The molecule has 0 aliphatic carbocycles. The van der Waals surface area contributed by atoms with Crippen LogP contribution in [0.4, 0.5) is 6.01 Å². The van der Waals surface area contributed by atoms with Crippen LogP contribution >= 0.6 is 0 Å². The summed E-state index contributed by atoms with van der Waals surface area (Å²) in [5.41, 5.74) is 6.30. The van der Waals surface area contributed by atoms with Crippen LogP contribution in [0.1, 0.15) is 30.3 Å². The minimum atomic E-state index is -0.338. The summed E-state index contributed by atoms with van der Waals surface area (Å²) in [4.78, 5) is 26.4. The van der Waals surface area contributed by atoms with Crippen molar-refractivity contribution in [2.45, 2.75) is 25.4 Å². The number of carbonyl (C=O) groups excluding carboxylic acids is 2. The van der Waals surface area contributed by atoms with Crippen molar-refractivity contribution in [1.82, 2.24) is 20.4 Å². The Hall–Kier alpha value is -2.90. The molecule has 0 spiro atoms. The zero-order chi connectivity index (χ0) is 17.1. The molecule has 2 amide bonds. The predicted molar refractivity (Wildman–Crippen MR) is 85.2 cm³/mol. The maximum atomic E-state index is 12.6. The van der Waals surface area contributed by atoms with Crippen LogP contribution in [0.2, 0.25) is 0 Å². The van der Waals surface area contributed by atoms with Crippen LogP contribution in [0, 0.1) is 5.92 Å². The molecule has 2 unspecified atom stereocenters. The highest BCUT2D eigenvalue weighted by molar-refractivity contribution is 5.84. The minimum absolute atomic E-state index is 0.0376. The molecule has 1 aromatic carbocycles. The first-order valence-electron chi connectivity index (χ1n) is 7.72. The third-order valence-corrected chi connectivity index (χ3v) is 4.24. The van der Waals surface area contributed by atoms with Gasteiger partial charge in [-0.15, -0.1) is 5.10 Å². The van der Waals surface area contributed by atoms with Crippen LogP contribution in [0.5, 0.6) is 0 Å². The van der Waals surface area contributed by atoms with Gasteiger partial charge >= 0.3 is 6.01 Å². The molecule has 1 aliphatic rings. The van der Waals surface area contributed by atoms with Gasteiger partial charge in [0.2, 0.25) is 17.7 Å². The topological polar surface area (TPSA) is 114 Å². The summed E-state index contributed by atoms with van der Waals surface area (Å²) in [6, 6.07) is 9.24. The van der Waals surface area contributed by atoms with E-state index in [1.165, 1.54) is 0 Å². The monoisotopic (exact) mass is 329 g/mol. The number of rotatable bonds is 4. The maximum absolute atomic E-state index is 12.6. The van der Waals surface area contributed by atoms with Crippen LogP contribution in [0.25, 0.3) is 0 Å². The van der Waals surface area contributed by atoms with Gasteiger partial charge in [0.1, 0.15) is 0 Å². The van der Waals surface area contributed by atoms with Gasteiger partial charge < -0.3 is 20.4 Å². The Morgan fingerprint density at radius 2 is 2.12 bits per heavy atom. The highest BCUT2D eigenvalue weighted by atomic mass is 16.4. The normalized spacial score (nSPS) is 20.9. The van der Waals surface area contributed by atoms with E-state index in [9.17, 15) is 9.59 Å². The van der Waals surface area contributed by atoms with E-state index in [0.717, 1.165) is 5.56 Å². The van der Waals surface area contributed by atoms with Crippen LogP contribution in [0.3, 0.4) is 0 Å². The van der Waals surface area contributed by atoms with Crippen molar-refractivity contribution < 1.29 is 14.0 Å². The first kappa shape index (κ1) is 16.0. The van der Waals surface area contributed by atoms with Gasteiger partial charge in [0.05, 0.1) is 18.5 Å². The highest BCUT2D eigenvalue weighted by Crippen LogP contribution is 2.35. The standard InChI is InChI=1S/C16H19N5O3/c1-21-13(22)8-7-11(14(21)10-5-3-2-4-6-10)15(23)18-9-12-19-20-16(17)24-12/h2-6,11,14H,7-9H2,1H3,(H2,17,20)(H,18,23). The summed E-state index contributed by atoms with van der Waals surface area (Å²) in [5, 5.41) is 10.1. The summed E-state index contributed by atoms with van der Waals surface area (Å²) < 4.78 is 5.05. The van der Waals surface area contributed by atoms with Crippen molar-refractivity contribution in [3.05, 3.63) is 41.8 Å². The first-order valence-corrected chi connectivity index (χ1v) is 7.72. The molecule has 1 aliphatic heterocycles. The van der Waals surface area contributed by atoms with E-state index < -0.39 is 0 Å². The van der Waals surface area contributed by atoms with E-state index in [-0.39, 0.29) is 42.2 Å². The fraction of sp³-hybridized carbons (Fsp3) is 0.375. The third kappa shape index (κ3) is 3.22. The van der Waals surface area contributed by atoms with Gasteiger partial charge in [0, 0.05) is 13.5 Å². The molecular formula is C16H19N5O3.